The van der Waals surface area contributed by atoms with E-state index in [9.17, 15) is 23.2 Å². The number of aromatic carboxylic acids is 1. The number of carboxylic acid groups (broad SMARTS) is 1. The Morgan fingerprint density at radius 2 is 1.75 bits per heavy atom. The first-order valence-electron chi connectivity index (χ1n) is 8.28. The van der Waals surface area contributed by atoms with Crippen LogP contribution in [0.4, 0.5) is 8.78 Å². The Morgan fingerprint density at radius 3 is 2.12 bits per heavy atom. The number of halogens is 4. The average molecular weight is 570 g/mol. The van der Waals surface area contributed by atoms with Gasteiger partial charge in [0.05, 0.1) is 0 Å². The molecule has 0 radical (unpaired) electrons. The molecule has 3 heterocycles. The van der Waals surface area contributed by atoms with Gasteiger partial charge < -0.3 is 5.11 Å². The summed E-state index contributed by atoms with van der Waals surface area (Å²) >= 11 is 5.91. The standard InChI is InChI=1S/C7H3BrN2O.C7H5F2NO2.C6H4BrNO/c8-7(11)5-1-2-6(3-9)10-4-5;8-6(9)4-1-2-5(7(11)12)10-3-4;7-6-2-1-5(4-9)3-8-6/h1-2,4H;1-3,6H,(H,11,12);1-4H. The van der Waals surface area contributed by atoms with E-state index in [0.717, 1.165) is 29.2 Å². The molecule has 3 aromatic heterocycles. The Labute approximate surface area is 197 Å². The second kappa shape index (κ2) is 13.8. The van der Waals surface area contributed by atoms with Gasteiger partial charge in [0.2, 0.25) is 4.69 Å². The number of carboxylic acids is 1. The highest BCUT2D eigenvalue weighted by molar-refractivity contribution is 9.18. The summed E-state index contributed by atoms with van der Waals surface area (Å²) in [5.74, 6) is -1.23. The third kappa shape index (κ3) is 9.59. The summed E-state index contributed by atoms with van der Waals surface area (Å²) in [7, 11) is 0. The molecule has 0 aromatic carbocycles. The predicted molar refractivity (Wildman–Crippen MR) is 116 cm³/mol. The normalized spacial score (nSPS) is 9.38. The summed E-state index contributed by atoms with van der Waals surface area (Å²) in [5, 5.41) is 16.7. The van der Waals surface area contributed by atoms with Crippen LogP contribution in [-0.4, -0.2) is 37.0 Å². The molecule has 0 unspecified atom stereocenters. The topological polar surface area (TPSA) is 134 Å². The van der Waals surface area contributed by atoms with Gasteiger partial charge in [-0.3, -0.25) is 9.59 Å². The third-order valence-electron chi connectivity index (χ3n) is 3.25. The van der Waals surface area contributed by atoms with Crippen LogP contribution in [0, 0.1) is 11.3 Å². The smallest absolute Gasteiger partial charge is 0.354 e. The Hall–Kier alpha value is -3.43. The van der Waals surface area contributed by atoms with Crippen molar-refractivity contribution in [2.45, 2.75) is 6.43 Å². The van der Waals surface area contributed by atoms with E-state index >= 15 is 0 Å². The molecule has 164 valence electrons. The first kappa shape index (κ1) is 26.6. The molecule has 0 spiro atoms. The molecule has 0 saturated heterocycles. The summed E-state index contributed by atoms with van der Waals surface area (Å²) in [6, 6.07) is 10.4. The monoisotopic (exact) mass is 568 g/mol. The Kier molecular flexibility index (Phi) is 11.5. The number of pyridine rings is 3. The van der Waals surface area contributed by atoms with Gasteiger partial charge in [0.25, 0.3) is 6.43 Å². The van der Waals surface area contributed by atoms with E-state index < -0.39 is 12.4 Å². The Balaban J connectivity index is 0.000000242. The molecule has 0 aliphatic rings. The number of hydrogen-bond donors (Lipinski definition) is 1. The minimum atomic E-state index is -2.61. The first-order valence-corrected chi connectivity index (χ1v) is 9.86. The van der Waals surface area contributed by atoms with Gasteiger partial charge in [-0.15, -0.1) is 0 Å². The molecule has 12 heteroatoms. The molecular weight excluding hydrogens is 558 g/mol. The van der Waals surface area contributed by atoms with Crippen molar-refractivity contribution in [2.24, 2.45) is 0 Å². The second-order valence-corrected chi connectivity index (χ2v) is 6.97. The molecule has 0 saturated carbocycles. The number of nitriles is 1. The fourth-order valence-electron chi connectivity index (χ4n) is 1.69. The highest BCUT2D eigenvalue weighted by atomic mass is 79.9. The van der Waals surface area contributed by atoms with Crippen molar-refractivity contribution >= 4 is 48.8 Å². The number of rotatable bonds is 4. The zero-order chi connectivity index (χ0) is 24.1. The highest BCUT2D eigenvalue weighted by Crippen LogP contribution is 2.17. The van der Waals surface area contributed by atoms with Gasteiger partial charge in [-0.05, 0) is 68.3 Å². The van der Waals surface area contributed by atoms with Crippen LogP contribution in [0.3, 0.4) is 0 Å². The minimum Gasteiger partial charge on any atom is -0.477 e. The van der Waals surface area contributed by atoms with Crippen LogP contribution in [-0.2, 0) is 0 Å². The molecule has 1 N–H and O–H groups in total. The summed E-state index contributed by atoms with van der Waals surface area (Å²) in [6.07, 6.45) is 1.88. The summed E-state index contributed by atoms with van der Waals surface area (Å²) < 4.78 is 24.3. The lowest BCUT2D eigenvalue weighted by Crippen LogP contribution is -2.00. The molecule has 32 heavy (non-hydrogen) atoms. The van der Waals surface area contributed by atoms with E-state index in [1.165, 1.54) is 18.5 Å². The van der Waals surface area contributed by atoms with E-state index in [0.29, 0.717) is 16.8 Å². The molecule has 0 atom stereocenters. The maximum Gasteiger partial charge on any atom is 0.354 e. The Bertz CT molecular complexity index is 1090. The van der Waals surface area contributed by atoms with Gasteiger partial charge in [-0.1, -0.05) is 0 Å². The van der Waals surface area contributed by atoms with E-state index in [2.05, 4.69) is 46.8 Å². The van der Waals surface area contributed by atoms with Crippen LogP contribution in [0.2, 0.25) is 0 Å². The number of alkyl halides is 2. The van der Waals surface area contributed by atoms with Crippen molar-refractivity contribution in [3.05, 3.63) is 87.7 Å². The maximum absolute atomic E-state index is 11.9. The third-order valence-corrected chi connectivity index (χ3v) is 4.18. The van der Waals surface area contributed by atoms with Gasteiger partial charge in [0, 0.05) is 35.3 Å². The molecule has 0 aliphatic heterocycles. The molecule has 0 bridgehead atoms. The predicted octanol–water partition coefficient (Wildman–Crippen LogP) is 4.86. The van der Waals surface area contributed by atoms with E-state index in [1.807, 2.05) is 6.07 Å². The zero-order valence-electron chi connectivity index (χ0n) is 15.8. The number of hydrogen-bond acceptors (Lipinski definition) is 7. The number of aldehydes is 1. The van der Waals surface area contributed by atoms with Crippen LogP contribution in [0.15, 0.2) is 59.6 Å². The van der Waals surface area contributed by atoms with Crippen LogP contribution in [0.25, 0.3) is 0 Å². The summed E-state index contributed by atoms with van der Waals surface area (Å²) in [4.78, 5) is 41.8. The van der Waals surface area contributed by atoms with E-state index in [4.69, 9.17) is 10.4 Å². The van der Waals surface area contributed by atoms with Crippen molar-refractivity contribution in [1.29, 1.82) is 5.26 Å². The van der Waals surface area contributed by atoms with E-state index in [-0.39, 0.29) is 15.9 Å². The van der Waals surface area contributed by atoms with Gasteiger partial charge in [0.15, 0.2) is 6.29 Å². The summed E-state index contributed by atoms with van der Waals surface area (Å²) in [6.45, 7) is 0. The van der Waals surface area contributed by atoms with E-state index in [1.54, 1.807) is 18.2 Å². The second-order valence-electron chi connectivity index (χ2n) is 5.43. The molecule has 0 amide bonds. The molecular formula is C20H12Br2F2N4O4. The largest absolute Gasteiger partial charge is 0.477 e. The fourth-order valence-corrected chi connectivity index (χ4v) is 2.16. The molecule has 0 aliphatic carbocycles. The van der Waals surface area contributed by atoms with Gasteiger partial charge >= 0.3 is 5.97 Å². The molecule has 3 aromatic rings. The van der Waals surface area contributed by atoms with Crippen molar-refractivity contribution < 1.29 is 28.3 Å². The van der Waals surface area contributed by atoms with Crippen LogP contribution < -0.4 is 0 Å². The van der Waals surface area contributed by atoms with Crippen molar-refractivity contribution in [3.8, 4) is 6.07 Å². The van der Waals surface area contributed by atoms with Crippen molar-refractivity contribution in [2.75, 3.05) is 0 Å². The average Bonchev–Trinajstić information content (AvgIpc) is 2.80. The molecule has 0 fully saturated rings. The van der Waals surface area contributed by atoms with Gasteiger partial charge in [0.1, 0.15) is 22.1 Å². The minimum absolute atomic E-state index is 0.227. The lowest BCUT2D eigenvalue weighted by Gasteiger charge is -1.97. The highest BCUT2D eigenvalue weighted by Gasteiger charge is 2.09. The van der Waals surface area contributed by atoms with Crippen LogP contribution in [0.5, 0.6) is 0 Å². The zero-order valence-corrected chi connectivity index (χ0v) is 19.0. The van der Waals surface area contributed by atoms with Crippen molar-refractivity contribution in [1.82, 2.24) is 15.0 Å². The number of carbonyl (C=O) groups excluding carboxylic acids is 2. The Morgan fingerprint density at radius 1 is 1.03 bits per heavy atom. The number of carbonyl (C=O) groups is 3. The summed E-state index contributed by atoms with van der Waals surface area (Å²) in [5.41, 5.74) is 0.837. The first-order chi connectivity index (χ1) is 15.2. The number of nitrogens with zero attached hydrogens (tertiary/aromatic N) is 4. The van der Waals surface area contributed by atoms with Crippen LogP contribution in [0.1, 0.15) is 48.9 Å². The molecule has 3 rings (SSSR count). The number of aromatic nitrogens is 3. The lowest BCUT2D eigenvalue weighted by molar-refractivity contribution is 0.0689. The quantitative estimate of drug-likeness (QED) is 0.267. The van der Waals surface area contributed by atoms with Gasteiger partial charge in [-0.25, -0.2) is 28.5 Å². The lowest BCUT2D eigenvalue weighted by atomic mass is 10.2. The fraction of sp³-hybridized carbons (Fsp3) is 0.0500. The molecule has 8 nitrogen and oxygen atoms in total. The van der Waals surface area contributed by atoms with Gasteiger partial charge in [-0.2, -0.15) is 5.26 Å². The van der Waals surface area contributed by atoms with Crippen molar-refractivity contribution in [3.63, 3.8) is 0 Å². The van der Waals surface area contributed by atoms with Crippen LogP contribution >= 0.6 is 31.9 Å². The SMILES string of the molecule is N#Cc1ccc(C(=O)Br)cn1.O=C(O)c1ccc(C(F)F)cn1.O=Cc1ccc(Br)nc1. The maximum atomic E-state index is 11.9.